The molecule has 3 fully saturated rings. The highest BCUT2D eigenvalue weighted by molar-refractivity contribution is 7.80. The molecule has 2 N–H and O–H groups in total. The highest BCUT2D eigenvalue weighted by Crippen LogP contribution is 2.40. The molecule has 172 valence electrons. The molecule has 0 radical (unpaired) electrons. The van der Waals surface area contributed by atoms with Gasteiger partial charge in [0.2, 0.25) is 0 Å². The van der Waals surface area contributed by atoms with Gasteiger partial charge in [0.1, 0.15) is 24.1 Å². The van der Waals surface area contributed by atoms with Crippen molar-refractivity contribution in [2.75, 3.05) is 11.9 Å². The first kappa shape index (κ1) is 22.6. The number of rotatable bonds is 5. The summed E-state index contributed by atoms with van der Waals surface area (Å²) >= 11 is 5.47. The van der Waals surface area contributed by atoms with E-state index in [1.54, 1.807) is 12.1 Å². The minimum atomic E-state index is -2.88. The van der Waals surface area contributed by atoms with Crippen molar-refractivity contribution in [3.05, 3.63) is 24.3 Å². The molecule has 8 nitrogen and oxygen atoms in total. The maximum Gasteiger partial charge on any atom is 0.387 e. The summed E-state index contributed by atoms with van der Waals surface area (Å²) in [7, 11) is 0. The van der Waals surface area contributed by atoms with E-state index in [9.17, 15) is 8.78 Å². The molecule has 11 heteroatoms. The summed E-state index contributed by atoms with van der Waals surface area (Å²) in [5.41, 5.74) is 0.608. The Kier molecular flexibility index (Phi) is 6.10. The molecule has 3 saturated heterocycles. The van der Waals surface area contributed by atoms with E-state index in [1.165, 1.54) is 12.1 Å². The van der Waals surface area contributed by atoms with Crippen molar-refractivity contribution in [3.8, 4) is 5.75 Å². The van der Waals surface area contributed by atoms with Gasteiger partial charge in [0.15, 0.2) is 23.0 Å². The van der Waals surface area contributed by atoms with Crippen LogP contribution >= 0.6 is 12.2 Å². The fourth-order valence-electron chi connectivity index (χ4n) is 3.93. The lowest BCUT2D eigenvalue weighted by atomic mass is 10.0. The average molecular weight is 460 g/mol. The van der Waals surface area contributed by atoms with Crippen molar-refractivity contribution in [3.63, 3.8) is 0 Å². The number of hydrogen-bond acceptors (Lipinski definition) is 7. The van der Waals surface area contributed by atoms with Gasteiger partial charge in [-0.1, -0.05) is 0 Å². The molecule has 1 aromatic rings. The molecule has 4 rings (SSSR count). The second-order valence-electron chi connectivity index (χ2n) is 8.46. The normalized spacial score (nSPS) is 33.3. The Morgan fingerprint density at radius 1 is 1.06 bits per heavy atom. The van der Waals surface area contributed by atoms with Crippen LogP contribution < -0.4 is 15.4 Å². The van der Waals surface area contributed by atoms with Crippen LogP contribution in [-0.4, -0.2) is 60.5 Å². The predicted octanol–water partition coefficient (Wildman–Crippen LogP) is 2.97. The van der Waals surface area contributed by atoms with Gasteiger partial charge in [-0.3, -0.25) is 0 Å². The van der Waals surface area contributed by atoms with E-state index in [0.29, 0.717) is 17.4 Å². The number of nitrogens with one attached hydrogen (secondary N) is 2. The molecule has 3 aliphatic heterocycles. The molecule has 0 aliphatic carbocycles. The van der Waals surface area contributed by atoms with Gasteiger partial charge in [0.05, 0.1) is 12.6 Å². The summed E-state index contributed by atoms with van der Waals surface area (Å²) in [5, 5.41) is 6.59. The van der Waals surface area contributed by atoms with Crippen LogP contribution in [0.1, 0.15) is 27.7 Å². The summed E-state index contributed by atoms with van der Waals surface area (Å²) in [6, 6.07) is 5.67. The van der Waals surface area contributed by atoms with Gasteiger partial charge in [-0.15, -0.1) is 0 Å². The third-order valence-corrected chi connectivity index (χ3v) is 5.34. The monoisotopic (exact) mass is 460 g/mol. The Hall–Kier alpha value is -1.63. The second-order valence-corrected chi connectivity index (χ2v) is 8.87. The zero-order valence-electron chi connectivity index (χ0n) is 17.6. The topological polar surface area (TPSA) is 79.4 Å². The van der Waals surface area contributed by atoms with Crippen LogP contribution in [0.5, 0.6) is 5.75 Å². The lowest BCUT2D eigenvalue weighted by Gasteiger charge is -2.30. The lowest BCUT2D eigenvalue weighted by molar-refractivity contribution is -0.223. The maximum atomic E-state index is 12.3. The smallest absolute Gasteiger partial charge is 0.387 e. The second kappa shape index (κ2) is 8.38. The summed E-state index contributed by atoms with van der Waals surface area (Å²) in [5.74, 6) is -1.44. The first-order chi connectivity index (χ1) is 14.5. The van der Waals surface area contributed by atoms with Crippen LogP contribution in [0, 0.1) is 0 Å². The molecule has 1 aromatic carbocycles. The number of halogens is 2. The molecule has 0 aromatic heterocycles. The van der Waals surface area contributed by atoms with E-state index in [4.69, 9.17) is 35.9 Å². The molecule has 0 spiro atoms. The Labute approximate surface area is 184 Å². The molecule has 3 aliphatic rings. The Morgan fingerprint density at radius 3 is 2.39 bits per heavy atom. The van der Waals surface area contributed by atoms with Gasteiger partial charge >= 0.3 is 6.61 Å². The van der Waals surface area contributed by atoms with Gasteiger partial charge in [-0.25, -0.2) is 0 Å². The molecule has 3 heterocycles. The number of benzene rings is 1. The number of fused-ring (bicyclic) bond motifs is 1. The SMILES string of the molecule is CC1(C)OCC([C@H]2O[C@@H]3OC(C)(C)O[C@@H]3[C@@H]2NC(=S)Nc2ccc(OC(F)F)cc2)O1. The Bertz CT molecular complexity index is 809. The third kappa shape index (κ3) is 5.24. The summed E-state index contributed by atoms with van der Waals surface area (Å²) < 4.78 is 58.7. The van der Waals surface area contributed by atoms with Crippen LogP contribution in [-0.2, 0) is 23.7 Å². The number of anilines is 1. The molecule has 5 atom stereocenters. The summed E-state index contributed by atoms with van der Waals surface area (Å²) in [6.07, 6.45) is -1.73. The fraction of sp³-hybridized carbons (Fsp3) is 0.650. The van der Waals surface area contributed by atoms with Gasteiger partial charge in [-0.2, -0.15) is 8.78 Å². The van der Waals surface area contributed by atoms with E-state index in [1.807, 2.05) is 27.7 Å². The van der Waals surface area contributed by atoms with Crippen molar-refractivity contribution in [2.45, 2.75) is 76.5 Å². The van der Waals surface area contributed by atoms with Crippen LogP contribution in [0.15, 0.2) is 24.3 Å². The van der Waals surface area contributed by atoms with Crippen molar-refractivity contribution in [1.29, 1.82) is 0 Å². The highest BCUT2D eigenvalue weighted by atomic mass is 32.1. The van der Waals surface area contributed by atoms with Crippen LogP contribution in [0.4, 0.5) is 14.5 Å². The maximum absolute atomic E-state index is 12.3. The first-order valence-electron chi connectivity index (χ1n) is 9.97. The van der Waals surface area contributed by atoms with Crippen LogP contribution in [0.2, 0.25) is 0 Å². The molecule has 0 bridgehead atoms. The number of thiocarbonyl (C=S) groups is 1. The standard InChI is InChI=1S/C20H26F2N2O6S/c1-19(2)25-9-12(28-19)14-13(15-16(27-14)30-20(3,4)29-15)24-18(31)23-10-5-7-11(8-6-10)26-17(21)22/h5-8,12-17H,9H2,1-4H3,(H2,23,24,31)/t12?,13-,14-,15-,16-/m1/s1. The number of alkyl halides is 2. The number of ether oxygens (including phenoxy) is 6. The fourth-order valence-corrected chi connectivity index (χ4v) is 4.18. The molecular formula is C20H26F2N2O6S. The highest BCUT2D eigenvalue weighted by Gasteiger charge is 2.58. The van der Waals surface area contributed by atoms with Crippen molar-refractivity contribution in [2.24, 2.45) is 0 Å². The van der Waals surface area contributed by atoms with E-state index in [-0.39, 0.29) is 17.9 Å². The van der Waals surface area contributed by atoms with Crippen molar-refractivity contribution in [1.82, 2.24) is 5.32 Å². The van der Waals surface area contributed by atoms with Gasteiger partial charge in [-0.05, 0) is 64.2 Å². The number of hydrogen-bond donors (Lipinski definition) is 2. The molecule has 1 unspecified atom stereocenters. The van der Waals surface area contributed by atoms with Gasteiger partial charge in [0, 0.05) is 5.69 Å². The molecule has 0 amide bonds. The lowest BCUT2D eigenvalue weighted by Crippen LogP contribution is -2.53. The van der Waals surface area contributed by atoms with Crippen molar-refractivity contribution < 1.29 is 37.2 Å². The minimum absolute atomic E-state index is 0.0614. The first-order valence-corrected chi connectivity index (χ1v) is 10.4. The van der Waals surface area contributed by atoms with E-state index in [2.05, 4.69) is 15.4 Å². The molecule has 0 saturated carbocycles. The van der Waals surface area contributed by atoms with E-state index in [0.717, 1.165) is 0 Å². The zero-order valence-corrected chi connectivity index (χ0v) is 18.4. The van der Waals surface area contributed by atoms with Gasteiger partial charge < -0.3 is 39.1 Å². The quantitative estimate of drug-likeness (QED) is 0.645. The summed E-state index contributed by atoms with van der Waals surface area (Å²) in [6.45, 7) is 4.81. The van der Waals surface area contributed by atoms with Crippen LogP contribution in [0.3, 0.4) is 0 Å². The Morgan fingerprint density at radius 2 is 1.77 bits per heavy atom. The van der Waals surface area contributed by atoms with Gasteiger partial charge in [0.25, 0.3) is 0 Å². The zero-order chi connectivity index (χ0) is 22.4. The van der Waals surface area contributed by atoms with Crippen molar-refractivity contribution >= 4 is 23.0 Å². The van der Waals surface area contributed by atoms with E-state index < -0.39 is 36.7 Å². The largest absolute Gasteiger partial charge is 0.435 e. The predicted molar refractivity (Wildman–Crippen MR) is 110 cm³/mol. The summed E-state index contributed by atoms with van der Waals surface area (Å²) in [4.78, 5) is 0. The van der Waals surface area contributed by atoms with Crippen LogP contribution in [0.25, 0.3) is 0 Å². The minimum Gasteiger partial charge on any atom is -0.435 e. The molecular weight excluding hydrogens is 434 g/mol. The Balaban J connectivity index is 1.43. The van der Waals surface area contributed by atoms with E-state index >= 15 is 0 Å². The molecule has 31 heavy (non-hydrogen) atoms. The third-order valence-electron chi connectivity index (χ3n) is 5.12. The average Bonchev–Trinajstić information content (AvgIpc) is 3.26.